The summed E-state index contributed by atoms with van der Waals surface area (Å²) in [6.45, 7) is 3.28. The van der Waals surface area contributed by atoms with Gasteiger partial charge in [0.05, 0.1) is 17.0 Å². The average molecular weight is 457 g/mol. The highest BCUT2D eigenvalue weighted by molar-refractivity contribution is 7.92. The summed E-state index contributed by atoms with van der Waals surface area (Å²) in [5.41, 5.74) is 0.825. The number of halogens is 1. The zero-order valence-corrected chi connectivity index (χ0v) is 18.4. The van der Waals surface area contributed by atoms with Gasteiger partial charge in [0.15, 0.2) is 5.75 Å². The first-order valence-corrected chi connectivity index (χ1v) is 11.2. The molecule has 0 saturated heterocycles. The van der Waals surface area contributed by atoms with Gasteiger partial charge >= 0.3 is 6.01 Å². The van der Waals surface area contributed by atoms with Crippen molar-refractivity contribution in [3.63, 3.8) is 0 Å². The highest BCUT2D eigenvalue weighted by Crippen LogP contribution is 2.30. The maximum absolute atomic E-state index is 13.7. The maximum atomic E-state index is 13.7. The summed E-state index contributed by atoms with van der Waals surface area (Å²) in [4.78, 5) is 20.1. The summed E-state index contributed by atoms with van der Waals surface area (Å²) in [5, 5.41) is 9.34. The van der Waals surface area contributed by atoms with Crippen LogP contribution in [0.2, 0.25) is 0 Å². The van der Waals surface area contributed by atoms with Crippen molar-refractivity contribution >= 4 is 15.8 Å². The fourth-order valence-corrected chi connectivity index (χ4v) is 4.00. The van der Waals surface area contributed by atoms with Crippen molar-refractivity contribution in [1.29, 1.82) is 5.26 Å². The zero-order valence-electron chi connectivity index (χ0n) is 17.6. The van der Waals surface area contributed by atoms with Gasteiger partial charge in [-0.2, -0.15) is 15.2 Å². The topological polar surface area (TPSA) is 127 Å². The number of aromatic nitrogens is 3. The van der Waals surface area contributed by atoms with E-state index in [1.165, 1.54) is 35.0 Å². The lowest BCUT2D eigenvalue weighted by molar-refractivity contribution is 0.437. The van der Waals surface area contributed by atoms with E-state index in [9.17, 15) is 22.9 Å². The molecule has 0 spiro atoms. The lowest BCUT2D eigenvalue weighted by Crippen LogP contribution is -2.17. The molecule has 32 heavy (non-hydrogen) atoms. The van der Waals surface area contributed by atoms with Crippen LogP contribution < -0.4 is 15.0 Å². The number of pyridine rings is 1. The molecule has 0 aliphatic carbocycles. The summed E-state index contributed by atoms with van der Waals surface area (Å²) in [6.07, 6.45) is 1.93. The molecule has 0 bridgehead atoms. The molecular weight excluding hydrogens is 437 g/mol. The Bertz CT molecular complexity index is 1380. The van der Waals surface area contributed by atoms with Crippen LogP contribution in [0.25, 0.3) is 11.3 Å². The Labute approximate surface area is 184 Å². The van der Waals surface area contributed by atoms with Crippen molar-refractivity contribution in [2.75, 3.05) is 10.5 Å². The monoisotopic (exact) mass is 457 g/mol. The molecule has 1 aromatic carbocycles. The van der Waals surface area contributed by atoms with Crippen molar-refractivity contribution in [3.05, 3.63) is 63.8 Å². The van der Waals surface area contributed by atoms with E-state index in [1.54, 1.807) is 20.9 Å². The molecule has 0 fully saturated rings. The Morgan fingerprint density at radius 3 is 2.66 bits per heavy atom. The van der Waals surface area contributed by atoms with Crippen LogP contribution in [-0.2, 0) is 17.1 Å². The molecular formula is C21H20FN5O4S. The van der Waals surface area contributed by atoms with Gasteiger partial charge in [0.25, 0.3) is 0 Å². The highest BCUT2D eigenvalue weighted by Gasteiger charge is 2.17. The smallest absolute Gasteiger partial charge is 0.324 e. The SMILES string of the molecule is CCCS(=O)(=O)Nc1cc(-c2ccc(=O)n(C)c2)nc(Oc2c(C)cc(F)cc2C#N)n1. The Morgan fingerprint density at radius 1 is 1.25 bits per heavy atom. The quantitative estimate of drug-likeness (QED) is 0.577. The van der Waals surface area contributed by atoms with Crippen LogP contribution in [0.1, 0.15) is 24.5 Å². The van der Waals surface area contributed by atoms with Gasteiger partial charge < -0.3 is 9.30 Å². The number of nitriles is 1. The molecule has 9 nitrogen and oxygen atoms in total. The third-order valence-electron chi connectivity index (χ3n) is 4.37. The molecule has 0 aliphatic heterocycles. The number of benzene rings is 1. The average Bonchev–Trinajstić information content (AvgIpc) is 2.71. The molecule has 3 rings (SSSR count). The number of rotatable bonds is 7. The molecule has 1 N–H and O–H groups in total. The van der Waals surface area contributed by atoms with Gasteiger partial charge in [-0.05, 0) is 37.1 Å². The first kappa shape index (κ1) is 22.9. The van der Waals surface area contributed by atoms with Crippen LogP contribution in [0.5, 0.6) is 11.8 Å². The molecule has 0 unspecified atom stereocenters. The third kappa shape index (κ3) is 5.28. The van der Waals surface area contributed by atoms with Gasteiger partial charge in [-0.3, -0.25) is 9.52 Å². The van der Waals surface area contributed by atoms with Gasteiger partial charge in [-0.1, -0.05) is 6.92 Å². The van der Waals surface area contributed by atoms with Gasteiger partial charge in [-0.25, -0.2) is 12.8 Å². The van der Waals surface area contributed by atoms with Crippen LogP contribution in [0, 0.1) is 24.1 Å². The number of sulfonamides is 1. The van der Waals surface area contributed by atoms with Gasteiger partial charge in [0.1, 0.15) is 17.7 Å². The second-order valence-electron chi connectivity index (χ2n) is 7.02. The zero-order chi connectivity index (χ0) is 23.5. The van der Waals surface area contributed by atoms with Gasteiger partial charge in [0.2, 0.25) is 15.6 Å². The van der Waals surface area contributed by atoms with E-state index in [2.05, 4.69) is 14.7 Å². The minimum atomic E-state index is -3.67. The largest absolute Gasteiger partial charge is 0.423 e. The number of hydrogen-bond acceptors (Lipinski definition) is 7. The van der Waals surface area contributed by atoms with Crippen LogP contribution in [-0.4, -0.2) is 28.7 Å². The molecule has 11 heteroatoms. The number of nitrogens with zero attached hydrogens (tertiary/aromatic N) is 4. The molecule has 2 heterocycles. The first-order chi connectivity index (χ1) is 15.1. The van der Waals surface area contributed by atoms with E-state index in [-0.39, 0.29) is 40.1 Å². The van der Waals surface area contributed by atoms with Crippen molar-refractivity contribution in [2.45, 2.75) is 20.3 Å². The molecule has 2 aromatic heterocycles. The predicted molar refractivity (Wildman–Crippen MR) is 116 cm³/mol. The van der Waals surface area contributed by atoms with Crippen molar-refractivity contribution in [3.8, 4) is 29.1 Å². The minimum absolute atomic E-state index is 0.0499. The number of anilines is 1. The maximum Gasteiger partial charge on any atom is 0.324 e. The van der Waals surface area contributed by atoms with E-state index >= 15 is 0 Å². The van der Waals surface area contributed by atoms with Crippen LogP contribution in [0.4, 0.5) is 10.2 Å². The lowest BCUT2D eigenvalue weighted by atomic mass is 10.1. The Balaban J connectivity index is 2.13. The second-order valence-corrected chi connectivity index (χ2v) is 8.86. The first-order valence-electron chi connectivity index (χ1n) is 9.56. The van der Waals surface area contributed by atoms with Crippen LogP contribution >= 0.6 is 0 Å². The number of nitrogens with one attached hydrogen (secondary N) is 1. The van der Waals surface area contributed by atoms with E-state index in [4.69, 9.17) is 4.74 Å². The molecule has 0 aliphatic rings. The van der Waals surface area contributed by atoms with Gasteiger partial charge in [-0.15, -0.1) is 0 Å². The number of aryl methyl sites for hydroxylation is 2. The lowest BCUT2D eigenvalue weighted by Gasteiger charge is -2.13. The number of ether oxygens (including phenoxy) is 1. The predicted octanol–water partition coefficient (Wildman–Crippen LogP) is 3.11. The minimum Gasteiger partial charge on any atom is -0.423 e. The Hall–Kier alpha value is -3.78. The fourth-order valence-electron chi connectivity index (χ4n) is 2.94. The number of hydrogen-bond donors (Lipinski definition) is 1. The molecule has 0 atom stereocenters. The van der Waals surface area contributed by atoms with Gasteiger partial charge in [0, 0.05) is 30.9 Å². The third-order valence-corrected chi connectivity index (χ3v) is 5.84. The second kappa shape index (κ2) is 9.15. The molecule has 3 aromatic rings. The molecule has 0 saturated carbocycles. The van der Waals surface area contributed by atoms with E-state index in [0.717, 1.165) is 6.07 Å². The summed E-state index contributed by atoms with van der Waals surface area (Å²) in [7, 11) is -2.10. The van der Waals surface area contributed by atoms with E-state index in [1.807, 2.05) is 6.07 Å². The standard InChI is InChI=1S/C21H20FN5O4S/c1-4-7-32(29,30)26-18-10-17(14-5-6-19(28)27(3)12-14)24-21(25-18)31-20-13(2)8-16(22)9-15(20)11-23/h5-6,8-10,12H,4,7H2,1-3H3,(H,24,25,26). The Kier molecular flexibility index (Phi) is 6.55. The van der Waals surface area contributed by atoms with E-state index in [0.29, 0.717) is 17.5 Å². The van der Waals surface area contributed by atoms with Crippen molar-refractivity contribution in [1.82, 2.24) is 14.5 Å². The van der Waals surface area contributed by atoms with Crippen LogP contribution in [0.15, 0.2) is 41.3 Å². The molecule has 0 amide bonds. The summed E-state index contributed by atoms with van der Waals surface area (Å²) >= 11 is 0. The molecule has 0 radical (unpaired) electrons. The van der Waals surface area contributed by atoms with Crippen LogP contribution in [0.3, 0.4) is 0 Å². The Morgan fingerprint density at radius 2 is 2.00 bits per heavy atom. The summed E-state index contributed by atoms with van der Waals surface area (Å²) in [5.74, 6) is -0.711. The highest BCUT2D eigenvalue weighted by atomic mass is 32.2. The van der Waals surface area contributed by atoms with Crippen molar-refractivity contribution < 1.29 is 17.5 Å². The molecule has 166 valence electrons. The normalized spacial score (nSPS) is 11.1. The summed E-state index contributed by atoms with van der Waals surface area (Å²) in [6, 6.07) is 8.09. The fraction of sp³-hybridized carbons (Fsp3) is 0.238. The van der Waals surface area contributed by atoms with E-state index < -0.39 is 15.8 Å². The summed E-state index contributed by atoms with van der Waals surface area (Å²) < 4.78 is 47.6. The van der Waals surface area contributed by atoms with Crippen molar-refractivity contribution in [2.24, 2.45) is 7.05 Å².